The van der Waals surface area contributed by atoms with Crippen molar-refractivity contribution in [2.45, 2.75) is 32.0 Å². The summed E-state index contributed by atoms with van der Waals surface area (Å²) in [4.78, 5) is 70.7. The van der Waals surface area contributed by atoms with Gasteiger partial charge in [0.15, 0.2) is 6.10 Å². The second kappa shape index (κ2) is 18.8. The third kappa shape index (κ3) is 9.43. The van der Waals surface area contributed by atoms with Crippen LogP contribution >= 0.6 is 0 Å². The van der Waals surface area contributed by atoms with Gasteiger partial charge in [0.2, 0.25) is 5.78 Å². The Hall–Kier alpha value is -6.59. The Morgan fingerprint density at radius 1 is 0.508 bits per heavy atom. The second-order valence-corrected chi connectivity index (χ2v) is 14.9. The third-order valence-electron chi connectivity index (χ3n) is 10.9. The van der Waals surface area contributed by atoms with Gasteiger partial charge in [-0.1, -0.05) is 109 Å². The molecule has 0 saturated carbocycles. The Bertz CT molecular complexity index is 2460. The molecule has 6 aromatic carbocycles. The van der Waals surface area contributed by atoms with Crippen molar-refractivity contribution in [3.8, 4) is 0 Å². The van der Waals surface area contributed by atoms with Crippen LogP contribution in [0.25, 0.3) is 21.5 Å². The molecule has 3 radical (unpaired) electrons. The SMILES string of the molecule is C[C@@H]1CN(C(=O)c2ccccc2)CCN1C(=O)C(=O)c1ccc2ccccc2c1.C[C@@H]1CN(C(=O)c2ccccc2)CCN1C(=O)C(O)c1ccc2ccccc2c1.[B]. The van der Waals surface area contributed by atoms with Gasteiger partial charge in [0.05, 0.1) is 0 Å². The third-order valence-corrected chi connectivity index (χ3v) is 10.9. The van der Waals surface area contributed by atoms with Crippen LogP contribution in [0.1, 0.15) is 56.6 Å². The normalized spacial score (nSPS) is 17.0. The average molecular weight is 786 g/mol. The smallest absolute Gasteiger partial charge is 0.295 e. The minimum atomic E-state index is -1.21. The fourth-order valence-corrected chi connectivity index (χ4v) is 7.70. The highest BCUT2D eigenvalue weighted by atomic mass is 16.3. The Labute approximate surface area is 346 Å². The number of aliphatic hydroxyl groups is 1. The van der Waals surface area contributed by atoms with Crippen LogP contribution in [0.2, 0.25) is 0 Å². The number of amides is 4. The molecule has 59 heavy (non-hydrogen) atoms. The molecule has 2 aliphatic heterocycles. The molecule has 0 aliphatic carbocycles. The lowest BCUT2D eigenvalue weighted by atomic mass is 10.0. The fourth-order valence-electron chi connectivity index (χ4n) is 7.70. The summed E-state index contributed by atoms with van der Waals surface area (Å²) in [5.74, 6) is -1.42. The highest BCUT2D eigenvalue weighted by Gasteiger charge is 2.35. The molecular formula is C48H46BN4O6. The van der Waals surface area contributed by atoms with Crippen molar-refractivity contribution in [1.29, 1.82) is 0 Å². The lowest BCUT2D eigenvalue weighted by molar-refractivity contribution is -0.144. The quantitative estimate of drug-likeness (QED) is 0.121. The number of ketones is 1. The monoisotopic (exact) mass is 785 g/mol. The molecule has 297 valence electrons. The van der Waals surface area contributed by atoms with E-state index in [9.17, 15) is 29.1 Å². The number of rotatable bonds is 6. The number of hydrogen-bond acceptors (Lipinski definition) is 6. The van der Waals surface area contributed by atoms with Crippen molar-refractivity contribution in [2.24, 2.45) is 0 Å². The van der Waals surface area contributed by atoms with Crippen molar-refractivity contribution < 1.29 is 29.1 Å². The molecule has 2 fully saturated rings. The molecule has 10 nitrogen and oxygen atoms in total. The van der Waals surface area contributed by atoms with Crippen molar-refractivity contribution in [1.82, 2.24) is 19.6 Å². The summed E-state index contributed by atoms with van der Waals surface area (Å²) in [5.41, 5.74) is 2.26. The van der Waals surface area contributed by atoms with E-state index in [1.54, 1.807) is 62.1 Å². The van der Waals surface area contributed by atoms with Crippen LogP contribution in [0, 0.1) is 0 Å². The van der Waals surface area contributed by atoms with E-state index in [1.807, 2.05) is 117 Å². The molecule has 2 heterocycles. The van der Waals surface area contributed by atoms with Crippen molar-refractivity contribution in [3.05, 3.63) is 168 Å². The summed E-state index contributed by atoms with van der Waals surface area (Å²) in [6.07, 6.45) is -1.21. The van der Waals surface area contributed by atoms with E-state index < -0.39 is 17.8 Å². The van der Waals surface area contributed by atoms with E-state index in [2.05, 4.69) is 0 Å². The van der Waals surface area contributed by atoms with E-state index in [1.165, 1.54) is 0 Å². The molecule has 6 aromatic rings. The first-order valence-electron chi connectivity index (χ1n) is 19.6. The number of carbonyl (C=O) groups is 5. The van der Waals surface area contributed by atoms with Crippen molar-refractivity contribution in [2.75, 3.05) is 39.3 Å². The van der Waals surface area contributed by atoms with E-state index in [0.29, 0.717) is 61.5 Å². The van der Waals surface area contributed by atoms with Gasteiger partial charge < -0.3 is 24.7 Å². The predicted molar refractivity (Wildman–Crippen MR) is 230 cm³/mol. The maximum atomic E-state index is 13.0. The Morgan fingerprint density at radius 2 is 0.949 bits per heavy atom. The summed E-state index contributed by atoms with van der Waals surface area (Å²) >= 11 is 0. The lowest BCUT2D eigenvalue weighted by Crippen LogP contribution is -2.56. The van der Waals surface area contributed by atoms with E-state index >= 15 is 0 Å². The van der Waals surface area contributed by atoms with Crippen LogP contribution in [-0.2, 0) is 9.59 Å². The second-order valence-electron chi connectivity index (χ2n) is 14.9. The van der Waals surface area contributed by atoms with Crippen LogP contribution in [0.15, 0.2) is 146 Å². The molecule has 1 unspecified atom stereocenters. The summed E-state index contributed by atoms with van der Waals surface area (Å²) in [6, 6.07) is 44.4. The molecule has 2 aliphatic rings. The highest BCUT2D eigenvalue weighted by molar-refractivity contribution is 6.43. The van der Waals surface area contributed by atoms with Crippen LogP contribution in [0.4, 0.5) is 0 Å². The van der Waals surface area contributed by atoms with Crippen molar-refractivity contribution in [3.63, 3.8) is 0 Å². The van der Waals surface area contributed by atoms with Gasteiger partial charge in [-0.25, -0.2) is 0 Å². The Balaban J connectivity index is 0.000000195. The summed E-state index contributed by atoms with van der Waals surface area (Å²) in [5, 5.41) is 14.7. The Morgan fingerprint density at radius 3 is 1.46 bits per heavy atom. The summed E-state index contributed by atoms with van der Waals surface area (Å²) in [6.45, 7) is 6.25. The lowest BCUT2D eigenvalue weighted by Gasteiger charge is -2.40. The number of fused-ring (bicyclic) bond motifs is 2. The number of Topliss-reactive ketones (excluding diaryl/α,β-unsaturated/α-hetero) is 1. The standard InChI is InChI=1S/C24H24N2O3.C24H22N2O3.B/c2*1-17-16-25(23(28)19-8-3-2-4-9-19)13-14-26(17)24(29)22(27)21-12-11-18-7-5-6-10-20(18)15-21;/h2-12,15,17,22,27H,13-14,16H2,1H3;2-12,15,17H,13-14,16H2,1H3;/t17-,22?;17-;/m11./s1. The zero-order chi connectivity index (χ0) is 40.8. The maximum Gasteiger partial charge on any atom is 0.295 e. The van der Waals surface area contributed by atoms with Gasteiger partial charge in [-0.15, -0.1) is 0 Å². The summed E-state index contributed by atoms with van der Waals surface area (Å²) in [7, 11) is 0. The van der Waals surface area contributed by atoms with Gasteiger partial charge in [0.1, 0.15) is 0 Å². The summed E-state index contributed by atoms with van der Waals surface area (Å²) < 4.78 is 0. The molecule has 4 amide bonds. The predicted octanol–water partition coefficient (Wildman–Crippen LogP) is 6.26. The van der Waals surface area contributed by atoms with Crippen molar-refractivity contribution >= 4 is 59.4 Å². The molecule has 1 N–H and O–H groups in total. The van der Waals surface area contributed by atoms with E-state index in [4.69, 9.17) is 0 Å². The first-order valence-corrected chi connectivity index (χ1v) is 19.6. The van der Waals surface area contributed by atoms with Gasteiger partial charge in [-0.05, 0) is 77.4 Å². The van der Waals surface area contributed by atoms with Crippen LogP contribution in [0.3, 0.4) is 0 Å². The number of aliphatic hydroxyl groups excluding tert-OH is 1. The molecule has 0 spiro atoms. The minimum Gasteiger partial charge on any atom is -0.378 e. The fraction of sp³-hybridized carbons (Fsp3) is 0.229. The molecule has 3 atom stereocenters. The minimum absolute atomic E-state index is 0. The zero-order valence-corrected chi connectivity index (χ0v) is 33.2. The van der Waals surface area contributed by atoms with E-state index in [-0.39, 0.29) is 38.2 Å². The average Bonchev–Trinajstić information content (AvgIpc) is 3.28. The van der Waals surface area contributed by atoms with Gasteiger partial charge in [0, 0.05) is 76.5 Å². The first kappa shape index (κ1) is 42.0. The topological polar surface area (TPSA) is 119 Å². The zero-order valence-electron chi connectivity index (χ0n) is 33.2. The molecule has 8 rings (SSSR count). The highest BCUT2D eigenvalue weighted by Crippen LogP contribution is 2.25. The van der Waals surface area contributed by atoms with Crippen LogP contribution < -0.4 is 0 Å². The van der Waals surface area contributed by atoms with Gasteiger partial charge in [0.25, 0.3) is 23.6 Å². The molecule has 11 heteroatoms. The number of carbonyl (C=O) groups excluding carboxylic acids is 5. The number of piperazine rings is 2. The van der Waals surface area contributed by atoms with Gasteiger partial charge in [-0.3, -0.25) is 24.0 Å². The molecule has 2 saturated heterocycles. The number of hydrogen-bond donors (Lipinski definition) is 1. The van der Waals surface area contributed by atoms with E-state index in [0.717, 1.165) is 21.5 Å². The molecule has 0 bridgehead atoms. The van der Waals surface area contributed by atoms with Crippen LogP contribution in [-0.4, -0.2) is 114 Å². The van der Waals surface area contributed by atoms with Gasteiger partial charge >= 0.3 is 0 Å². The largest absolute Gasteiger partial charge is 0.378 e. The number of benzene rings is 6. The first-order chi connectivity index (χ1) is 28.1. The molecular weight excluding hydrogens is 739 g/mol. The van der Waals surface area contributed by atoms with Crippen LogP contribution in [0.5, 0.6) is 0 Å². The van der Waals surface area contributed by atoms with Gasteiger partial charge in [-0.2, -0.15) is 0 Å². The maximum absolute atomic E-state index is 13.0. The Kier molecular flexibility index (Phi) is 13.4. The molecule has 0 aromatic heterocycles. The number of nitrogens with zero attached hydrogens (tertiary/aromatic N) is 4.